The van der Waals surface area contributed by atoms with Crippen LogP contribution in [0.4, 0.5) is 0 Å². The number of likely N-dealkylation sites (tertiary alicyclic amines) is 1. The lowest BCUT2D eigenvalue weighted by Crippen LogP contribution is -2.45. The number of aliphatic carboxylic acids is 1. The molecule has 5 nitrogen and oxygen atoms in total. The lowest BCUT2D eigenvalue weighted by molar-refractivity contribution is -0.143. The Morgan fingerprint density at radius 1 is 1.38 bits per heavy atom. The van der Waals surface area contributed by atoms with Gasteiger partial charge >= 0.3 is 5.97 Å². The normalized spacial score (nSPS) is 22.0. The highest BCUT2D eigenvalue weighted by Crippen LogP contribution is 2.27. The Morgan fingerprint density at radius 3 is 2.71 bits per heavy atom. The second-order valence-corrected chi connectivity index (χ2v) is 6.29. The number of rotatable bonds is 3. The number of carboxylic acids is 1. The average Bonchev–Trinajstić information content (AvgIpc) is 2.46. The predicted octanol–water partition coefficient (Wildman–Crippen LogP) is 2.64. The predicted molar refractivity (Wildman–Crippen MR) is 81.5 cm³/mol. The third-order valence-corrected chi connectivity index (χ3v) is 4.39. The van der Waals surface area contributed by atoms with Crippen molar-refractivity contribution in [2.75, 3.05) is 20.2 Å². The molecule has 114 valence electrons. The number of carbonyl (C=O) groups excluding carboxylic acids is 1. The van der Waals surface area contributed by atoms with Crippen molar-refractivity contribution in [3.05, 3.63) is 28.2 Å². The molecule has 1 N–H and O–H groups in total. The van der Waals surface area contributed by atoms with Crippen LogP contribution < -0.4 is 4.74 Å². The van der Waals surface area contributed by atoms with Crippen molar-refractivity contribution < 1.29 is 19.4 Å². The molecule has 21 heavy (non-hydrogen) atoms. The summed E-state index contributed by atoms with van der Waals surface area (Å²) in [5.41, 5.74) is 0.493. The zero-order valence-electron chi connectivity index (χ0n) is 12.0. The van der Waals surface area contributed by atoms with Crippen molar-refractivity contribution in [3.8, 4) is 5.75 Å². The molecule has 1 amide bonds. The smallest absolute Gasteiger partial charge is 0.308 e. The van der Waals surface area contributed by atoms with E-state index in [4.69, 9.17) is 4.74 Å². The van der Waals surface area contributed by atoms with Crippen molar-refractivity contribution in [2.24, 2.45) is 11.8 Å². The molecule has 6 heteroatoms. The first-order valence-corrected chi connectivity index (χ1v) is 7.57. The van der Waals surface area contributed by atoms with Crippen LogP contribution >= 0.6 is 15.9 Å². The van der Waals surface area contributed by atoms with E-state index >= 15 is 0 Å². The number of methoxy groups -OCH3 is 1. The molecule has 0 spiro atoms. The Labute approximate surface area is 132 Å². The van der Waals surface area contributed by atoms with Crippen LogP contribution in [0.5, 0.6) is 5.75 Å². The SMILES string of the molecule is COc1ccc(Br)c(C(=O)N2CC(C)CC(C(=O)O)C2)c1. The van der Waals surface area contributed by atoms with E-state index in [1.165, 1.54) is 0 Å². The van der Waals surface area contributed by atoms with E-state index in [0.717, 1.165) is 0 Å². The summed E-state index contributed by atoms with van der Waals surface area (Å²) in [4.78, 5) is 25.5. The summed E-state index contributed by atoms with van der Waals surface area (Å²) in [7, 11) is 1.54. The number of benzene rings is 1. The first kappa shape index (κ1) is 15.8. The first-order chi connectivity index (χ1) is 9.92. The lowest BCUT2D eigenvalue weighted by Gasteiger charge is -2.34. The van der Waals surface area contributed by atoms with Crippen LogP contribution in [0, 0.1) is 11.8 Å². The fraction of sp³-hybridized carbons (Fsp3) is 0.467. The van der Waals surface area contributed by atoms with Gasteiger partial charge in [-0.2, -0.15) is 0 Å². The minimum Gasteiger partial charge on any atom is -0.497 e. The quantitative estimate of drug-likeness (QED) is 0.904. The molecule has 2 rings (SSSR count). The van der Waals surface area contributed by atoms with Gasteiger partial charge in [0.15, 0.2) is 0 Å². The maximum Gasteiger partial charge on any atom is 0.308 e. The van der Waals surface area contributed by atoms with Crippen molar-refractivity contribution in [3.63, 3.8) is 0 Å². The van der Waals surface area contributed by atoms with Crippen molar-refractivity contribution >= 4 is 27.8 Å². The maximum absolute atomic E-state index is 12.6. The van der Waals surface area contributed by atoms with Crippen LogP contribution in [0.3, 0.4) is 0 Å². The monoisotopic (exact) mass is 355 g/mol. The van der Waals surface area contributed by atoms with E-state index in [-0.39, 0.29) is 18.4 Å². The van der Waals surface area contributed by atoms with E-state index in [1.807, 2.05) is 6.92 Å². The van der Waals surface area contributed by atoms with Gasteiger partial charge in [-0.3, -0.25) is 9.59 Å². The number of halogens is 1. The molecule has 1 aliphatic heterocycles. The summed E-state index contributed by atoms with van der Waals surface area (Å²) in [5.74, 6) is -0.737. The van der Waals surface area contributed by atoms with Gasteiger partial charge in [-0.15, -0.1) is 0 Å². The molecule has 1 aromatic rings. The van der Waals surface area contributed by atoms with E-state index in [2.05, 4.69) is 15.9 Å². The highest BCUT2D eigenvalue weighted by atomic mass is 79.9. The third-order valence-electron chi connectivity index (χ3n) is 3.70. The van der Waals surface area contributed by atoms with Crippen molar-refractivity contribution in [1.29, 1.82) is 0 Å². The van der Waals surface area contributed by atoms with Gasteiger partial charge in [-0.05, 0) is 46.5 Å². The molecule has 1 heterocycles. The van der Waals surface area contributed by atoms with Gasteiger partial charge in [0.1, 0.15) is 5.75 Å². The minimum absolute atomic E-state index is 0.168. The number of hydrogen-bond acceptors (Lipinski definition) is 3. The van der Waals surface area contributed by atoms with Gasteiger partial charge in [-0.25, -0.2) is 0 Å². The van der Waals surface area contributed by atoms with E-state index in [9.17, 15) is 14.7 Å². The van der Waals surface area contributed by atoms with Crippen LogP contribution in [0.25, 0.3) is 0 Å². The molecule has 1 saturated heterocycles. The molecule has 1 aromatic carbocycles. The van der Waals surface area contributed by atoms with Crippen LogP contribution in [0.15, 0.2) is 22.7 Å². The van der Waals surface area contributed by atoms with Crippen LogP contribution in [-0.4, -0.2) is 42.1 Å². The second-order valence-electron chi connectivity index (χ2n) is 5.43. The van der Waals surface area contributed by atoms with Crippen molar-refractivity contribution in [1.82, 2.24) is 4.90 Å². The maximum atomic E-state index is 12.6. The largest absolute Gasteiger partial charge is 0.497 e. The van der Waals surface area contributed by atoms with Gasteiger partial charge in [-0.1, -0.05) is 6.92 Å². The zero-order valence-corrected chi connectivity index (χ0v) is 13.6. The number of carbonyl (C=O) groups is 2. The Balaban J connectivity index is 2.24. The summed E-state index contributed by atoms with van der Waals surface area (Å²) in [6.45, 7) is 2.80. The van der Waals surface area contributed by atoms with Crippen LogP contribution in [-0.2, 0) is 4.79 Å². The molecule has 1 fully saturated rings. The molecule has 1 aliphatic rings. The fourth-order valence-electron chi connectivity index (χ4n) is 2.66. The fourth-order valence-corrected chi connectivity index (χ4v) is 3.08. The molecular weight excluding hydrogens is 338 g/mol. The third kappa shape index (κ3) is 3.56. The number of piperidine rings is 1. The van der Waals surface area contributed by atoms with E-state index in [0.29, 0.717) is 28.8 Å². The number of nitrogens with zero attached hydrogens (tertiary/aromatic N) is 1. The molecule has 0 aliphatic carbocycles. The highest BCUT2D eigenvalue weighted by Gasteiger charge is 2.32. The standard InChI is InChI=1S/C15H18BrNO4/c1-9-5-10(15(19)20)8-17(7-9)14(18)12-6-11(21-2)3-4-13(12)16/h3-4,6,9-10H,5,7-8H2,1-2H3,(H,19,20). The lowest BCUT2D eigenvalue weighted by atomic mass is 9.90. The average molecular weight is 356 g/mol. The Bertz CT molecular complexity index is 561. The van der Waals surface area contributed by atoms with Gasteiger partial charge in [0.25, 0.3) is 5.91 Å². The van der Waals surface area contributed by atoms with Gasteiger partial charge in [0, 0.05) is 17.6 Å². The second kappa shape index (κ2) is 6.47. The minimum atomic E-state index is -0.843. The molecule has 0 saturated carbocycles. The number of carboxylic acid groups (broad SMARTS) is 1. The topological polar surface area (TPSA) is 66.8 Å². The summed E-state index contributed by atoms with van der Waals surface area (Å²) >= 11 is 3.37. The van der Waals surface area contributed by atoms with Gasteiger partial charge in [0.2, 0.25) is 0 Å². The Hall–Kier alpha value is -1.56. The molecule has 2 atom stereocenters. The molecule has 0 bridgehead atoms. The Kier molecular flexibility index (Phi) is 4.88. The highest BCUT2D eigenvalue weighted by molar-refractivity contribution is 9.10. The number of hydrogen-bond donors (Lipinski definition) is 1. The Morgan fingerprint density at radius 2 is 2.10 bits per heavy atom. The van der Waals surface area contributed by atoms with Crippen molar-refractivity contribution in [2.45, 2.75) is 13.3 Å². The zero-order chi connectivity index (χ0) is 15.6. The molecular formula is C15H18BrNO4. The van der Waals surface area contributed by atoms with E-state index < -0.39 is 11.9 Å². The first-order valence-electron chi connectivity index (χ1n) is 6.78. The molecule has 0 radical (unpaired) electrons. The van der Waals surface area contributed by atoms with Gasteiger partial charge in [0.05, 0.1) is 18.6 Å². The van der Waals surface area contributed by atoms with Gasteiger partial charge < -0.3 is 14.7 Å². The van der Waals surface area contributed by atoms with Crippen LogP contribution in [0.1, 0.15) is 23.7 Å². The summed E-state index contributed by atoms with van der Waals surface area (Å²) < 4.78 is 5.82. The van der Waals surface area contributed by atoms with Crippen LogP contribution in [0.2, 0.25) is 0 Å². The molecule has 2 unspecified atom stereocenters. The summed E-state index contributed by atoms with van der Waals surface area (Å²) in [6, 6.07) is 5.19. The number of ether oxygens (including phenoxy) is 1. The summed E-state index contributed by atoms with van der Waals surface area (Å²) in [5, 5.41) is 9.20. The molecule has 0 aromatic heterocycles. The summed E-state index contributed by atoms with van der Waals surface area (Å²) in [6.07, 6.45) is 0.610. The number of amides is 1. The van der Waals surface area contributed by atoms with E-state index in [1.54, 1.807) is 30.2 Å².